The number of halogens is 2. The molecular weight excluding hydrogens is 344 g/mol. The first kappa shape index (κ1) is 13.2. The molecule has 18 heavy (non-hydrogen) atoms. The maximum atomic E-state index is 13.2. The zero-order chi connectivity index (χ0) is 13.1. The van der Waals surface area contributed by atoms with Crippen LogP contribution in [-0.4, -0.2) is 16.5 Å². The summed E-state index contributed by atoms with van der Waals surface area (Å²) in [5.74, 6) is 1.06. The van der Waals surface area contributed by atoms with Crippen LogP contribution in [0.1, 0.15) is 12.6 Å². The van der Waals surface area contributed by atoms with Crippen LogP contribution in [0.25, 0.3) is 11.4 Å². The van der Waals surface area contributed by atoms with Crippen molar-refractivity contribution < 1.29 is 4.39 Å². The molecule has 0 saturated carbocycles. The molecule has 0 saturated heterocycles. The van der Waals surface area contributed by atoms with Crippen LogP contribution in [0.2, 0.25) is 0 Å². The van der Waals surface area contributed by atoms with E-state index in [9.17, 15) is 4.39 Å². The Kier molecular flexibility index (Phi) is 4.11. The van der Waals surface area contributed by atoms with Gasteiger partial charge in [-0.3, -0.25) is 0 Å². The van der Waals surface area contributed by atoms with Crippen LogP contribution in [-0.2, 0) is 0 Å². The molecule has 0 unspecified atom stereocenters. The van der Waals surface area contributed by atoms with Crippen molar-refractivity contribution >= 4 is 28.4 Å². The Labute approximate surface area is 119 Å². The van der Waals surface area contributed by atoms with Gasteiger partial charge in [0.2, 0.25) is 0 Å². The quantitative estimate of drug-likeness (QED) is 0.853. The topological polar surface area (TPSA) is 37.8 Å². The molecule has 1 aromatic carbocycles. The van der Waals surface area contributed by atoms with Crippen LogP contribution >= 0.6 is 22.6 Å². The van der Waals surface area contributed by atoms with Crippen molar-refractivity contribution in [2.75, 3.05) is 11.9 Å². The summed E-state index contributed by atoms with van der Waals surface area (Å²) in [6, 6.07) is 6.32. The van der Waals surface area contributed by atoms with E-state index in [-0.39, 0.29) is 5.82 Å². The Balaban J connectivity index is 2.51. The van der Waals surface area contributed by atoms with Gasteiger partial charge >= 0.3 is 0 Å². The Bertz CT molecular complexity index is 572. The lowest BCUT2D eigenvalue weighted by atomic mass is 10.2. The molecule has 0 bridgehead atoms. The third-order valence-electron chi connectivity index (χ3n) is 2.44. The molecule has 0 aliphatic carbocycles. The first-order valence-electron chi connectivity index (χ1n) is 5.65. The number of benzene rings is 1. The van der Waals surface area contributed by atoms with E-state index in [4.69, 9.17) is 0 Å². The normalized spacial score (nSPS) is 10.4. The summed E-state index contributed by atoms with van der Waals surface area (Å²) >= 11 is 2.21. The second-order valence-electron chi connectivity index (χ2n) is 3.84. The number of nitrogens with one attached hydrogen (secondary N) is 1. The van der Waals surface area contributed by atoms with Crippen molar-refractivity contribution in [3.05, 3.63) is 39.3 Å². The summed E-state index contributed by atoms with van der Waals surface area (Å²) in [7, 11) is 0. The molecule has 0 radical (unpaired) electrons. The molecule has 0 amide bonds. The SMILES string of the molecule is CCNc1nc(-c2cccc(F)c2)nc(C)c1I. The molecule has 94 valence electrons. The first-order valence-corrected chi connectivity index (χ1v) is 6.73. The highest BCUT2D eigenvalue weighted by Crippen LogP contribution is 2.23. The average molecular weight is 357 g/mol. The predicted octanol–water partition coefficient (Wildman–Crippen LogP) is 3.63. The number of aromatic nitrogens is 2. The standard InChI is InChI=1S/C13H13FIN3/c1-3-16-13-11(15)8(2)17-12(18-13)9-5-4-6-10(14)7-9/h4-7H,3H2,1-2H3,(H,16,17,18). The van der Waals surface area contributed by atoms with Gasteiger partial charge in [0, 0.05) is 12.1 Å². The maximum Gasteiger partial charge on any atom is 0.161 e. The zero-order valence-corrected chi connectivity index (χ0v) is 12.3. The summed E-state index contributed by atoms with van der Waals surface area (Å²) in [4.78, 5) is 8.84. The minimum absolute atomic E-state index is 0.280. The van der Waals surface area contributed by atoms with Crippen molar-refractivity contribution in [1.82, 2.24) is 9.97 Å². The van der Waals surface area contributed by atoms with Crippen LogP contribution in [0.15, 0.2) is 24.3 Å². The smallest absolute Gasteiger partial charge is 0.161 e. The molecule has 0 atom stereocenters. The monoisotopic (exact) mass is 357 g/mol. The van der Waals surface area contributed by atoms with Gasteiger partial charge in [0.1, 0.15) is 11.6 Å². The summed E-state index contributed by atoms with van der Waals surface area (Å²) in [5, 5.41) is 3.19. The largest absolute Gasteiger partial charge is 0.369 e. The van der Waals surface area contributed by atoms with Crippen molar-refractivity contribution in [1.29, 1.82) is 0 Å². The Morgan fingerprint density at radius 1 is 1.33 bits per heavy atom. The third kappa shape index (κ3) is 2.77. The molecule has 0 aliphatic heterocycles. The van der Waals surface area contributed by atoms with Crippen molar-refractivity contribution in [2.24, 2.45) is 0 Å². The summed E-state index contributed by atoms with van der Waals surface area (Å²) in [5.41, 5.74) is 1.58. The van der Waals surface area contributed by atoms with E-state index in [1.807, 2.05) is 13.8 Å². The van der Waals surface area contributed by atoms with E-state index in [1.165, 1.54) is 12.1 Å². The van der Waals surface area contributed by atoms with Gasteiger partial charge in [-0.2, -0.15) is 0 Å². The van der Waals surface area contributed by atoms with Gasteiger partial charge in [-0.25, -0.2) is 14.4 Å². The second kappa shape index (κ2) is 5.60. The van der Waals surface area contributed by atoms with E-state index in [0.717, 1.165) is 21.6 Å². The molecule has 2 aromatic rings. The molecule has 1 N–H and O–H groups in total. The van der Waals surface area contributed by atoms with E-state index in [2.05, 4.69) is 37.9 Å². The lowest BCUT2D eigenvalue weighted by Crippen LogP contribution is -2.06. The van der Waals surface area contributed by atoms with Gasteiger partial charge in [0.05, 0.1) is 9.26 Å². The van der Waals surface area contributed by atoms with Gasteiger partial charge < -0.3 is 5.32 Å². The second-order valence-corrected chi connectivity index (χ2v) is 4.91. The summed E-state index contributed by atoms with van der Waals surface area (Å²) in [6.45, 7) is 4.72. The Morgan fingerprint density at radius 2 is 2.11 bits per heavy atom. The maximum absolute atomic E-state index is 13.2. The van der Waals surface area contributed by atoms with E-state index in [0.29, 0.717) is 11.4 Å². The minimum atomic E-state index is -0.280. The van der Waals surface area contributed by atoms with Gasteiger partial charge in [0.15, 0.2) is 5.82 Å². The number of hydrogen-bond acceptors (Lipinski definition) is 3. The predicted molar refractivity (Wildman–Crippen MR) is 79.0 cm³/mol. The number of hydrogen-bond donors (Lipinski definition) is 1. The van der Waals surface area contributed by atoms with Gasteiger partial charge in [-0.05, 0) is 48.6 Å². The third-order valence-corrected chi connectivity index (χ3v) is 3.74. The van der Waals surface area contributed by atoms with Crippen molar-refractivity contribution in [3.8, 4) is 11.4 Å². The van der Waals surface area contributed by atoms with Crippen LogP contribution in [0.3, 0.4) is 0 Å². The fourth-order valence-corrected chi connectivity index (χ4v) is 2.03. The highest BCUT2D eigenvalue weighted by molar-refractivity contribution is 14.1. The fraction of sp³-hybridized carbons (Fsp3) is 0.231. The molecule has 3 nitrogen and oxygen atoms in total. The highest BCUT2D eigenvalue weighted by atomic mass is 127. The number of nitrogens with zero attached hydrogens (tertiary/aromatic N) is 2. The number of rotatable bonds is 3. The van der Waals surface area contributed by atoms with Gasteiger partial charge in [0.25, 0.3) is 0 Å². The Hall–Kier alpha value is -1.24. The highest BCUT2D eigenvalue weighted by Gasteiger charge is 2.10. The molecule has 1 heterocycles. The summed E-state index contributed by atoms with van der Waals surface area (Å²) in [6.07, 6.45) is 0. The lowest BCUT2D eigenvalue weighted by molar-refractivity contribution is 0.628. The van der Waals surface area contributed by atoms with Gasteiger partial charge in [-0.1, -0.05) is 12.1 Å². The molecular formula is C13H13FIN3. The molecule has 5 heteroatoms. The van der Waals surface area contributed by atoms with Crippen LogP contribution < -0.4 is 5.32 Å². The average Bonchev–Trinajstić information content (AvgIpc) is 2.35. The van der Waals surface area contributed by atoms with Crippen molar-refractivity contribution in [2.45, 2.75) is 13.8 Å². The molecule has 0 aliphatic rings. The summed E-state index contributed by atoms with van der Waals surface area (Å²) < 4.78 is 14.2. The zero-order valence-electron chi connectivity index (χ0n) is 10.2. The van der Waals surface area contributed by atoms with Crippen LogP contribution in [0.4, 0.5) is 10.2 Å². The minimum Gasteiger partial charge on any atom is -0.369 e. The van der Waals surface area contributed by atoms with Crippen LogP contribution in [0, 0.1) is 16.3 Å². The molecule has 2 rings (SSSR count). The van der Waals surface area contributed by atoms with Crippen LogP contribution in [0.5, 0.6) is 0 Å². The fourth-order valence-electron chi connectivity index (χ4n) is 1.60. The molecule has 1 aromatic heterocycles. The van der Waals surface area contributed by atoms with E-state index in [1.54, 1.807) is 12.1 Å². The number of anilines is 1. The lowest BCUT2D eigenvalue weighted by Gasteiger charge is -2.10. The molecule has 0 fully saturated rings. The van der Waals surface area contributed by atoms with Gasteiger partial charge in [-0.15, -0.1) is 0 Å². The Morgan fingerprint density at radius 3 is 2.78 bits per heavy atom. The van der Waals surface area contributed by atoms with Crippen molar-refractivity contribution in [3.63, 3.8) is 0 Å². The first-order chi connectivity index (χ1) is 8.61. The molecule has 0 spiro atoms. The van der Waals surface area contributed by atoms with E-state index >= 15 is 0 Å². The van der Waals surface area contributed by atoms with E-state index < -0.39 is 0 Å². The number of aryl methyl sites for hydroxylation is 1.